The summed E-state index contributed by atoms with van der Waals surface area (Å²) in [5.74, 6) is 1.20. The highest BCUT2D eigenvalue weighted by Gasteiger charge is 2.09. The normalized spacial score (nSPS) is 9.79. The van der Waals surface area contributed by atoms with Gasteiger partial charge in [0, 0.05) is 16.7 Å². The zero-order valence-electron chi connectivity index (χ0n) is 9.95. The van der Waals surface area contributed by atoms with E-state index in [-0.39, 0.29) is 0 Å². The molecule has 4 nitrogen and oxygen atoms in total. The predicted octanol–water partition coefficient (Wildman–Crippen LogP) is 4.23. The topological polar surface area (TPSA) is 57.9 Å². The second kappa shape index (κ2) is 6.04. The van der Waals surface area contributed by atoms with Crippen LogP contribution in [0.3, 0.4) is 0 Å². The molecule has 6 heteroatoms. The lowest BCUT2D eigenvalue weighted by molar-refractivity contribution is 0.412. The number of halogens is 2. The minimum absolute atomic E-state index is 0.483. The summed E-state index contributed by atoms with van der Waals surface area (Å²) in [6.07, 6.45) is 1.63. The van der Waals surface area contributed by atoms with Gasteiger partial charge in [0.25, 0.3) is 0 Å². The number of methoxy groups -OCH3 is 1. The molecule has 0 saturated carbocycles. The summed E-state index contributed by atoms with van der Waals surface area (Å²) >= 11 is 6.86. The first-order valence-electron chi connectivity index (χ1n) is 5.31. The maximum Gasteiger partial charge on any atom is 0.148 e. The molecule has 0 atom stereocenters. The molecular weight excluding hydrogens is 374 g/mol. The average Bonchev–Trinajstić information content (AvgIpc) is 2.42. The van der Waals surface area contributed by atoms with Gasteiger partial charge < -0.3 is 10.1 Å². The second-order valence-corrected chi connectivity index (χ2v) is 5.31. The Morgan fingerprint density at radius 2 is 2.11 bits per heavy atom. The molecule has 19 heavy (non-hydrogen) atoms. The zero-order valence-corrected chi connectivity index (χ0v) is 13.1. The summed E-state index contributed by atoms with van der Waals surface area (Å²) in [6, 6.07) is 9.22. The van der Waals surface area contributed by atoms with Gasteiger partial charge in [-0.2, -0.15) is 5.26 Å². The zero-order chi connectivity index (χ0) is 13.8. The van der Waals surface area contributed by atoms with Crippen LogP contribution < -0.4 is 10.1 Å². The van der Waals surface area contributed by atoms with Crippen molar-refractivity contribution in [2.75, 3.05) is 12.4 Å². The van der Waals surface area contributed by atoms with E-state index in [1.54, 1.807) is 25.4 Å². The maximum absolute atomic E-state index is 9.04. The fourth-order valence-electron chi connectivity index (χ4n) is 1.50. The largest absolute Gasteiger partial charge is 0.495 e. The van der Waals surface area contributed by atoms with Gasteiger partial charge in [0.2, 0.25) is 0 Å². The van der Waals surface area contributed by atoms with Crippen molar-refractivity contribution in [3.63, 3.8) is 0 Å². The van der Waals surface area contributed by atoms with Gasteiger partial charge in [-0.25, -0.2) is 4.98 Å². The van der Waals surface area contributed by atoms with E-state index in [2.05, 4.69) is 48.2 Å². The van der Waals surface area contributed by atoms with Crippen molar-refractivity contribution < 1.29 is 4.74 Å². The summed E-state index contributed by atoms with van der Waals surface area (Å²) < 4.78 is 6.93. The van der Waals surface area contributed by atoms with Crippen LogP contribution in [0.25, 0.3) is 0 Å². The van der Waals surface area contributed by atoms with Gasteiger partial charge >= 0.3 is 0 Å². The fraction of sp³-hybridized carbons (Fsp3) is 0.0769. The molecule has 1 aromatic heterocycles. The molecule has 2 rings (SSSR count). The minimum Gasteiger partial charge on any atom is -0.495 e. The van der Waals surface area contributed by atoms with Crippen molar-refractivity contribution in [3.8, 4) is 11.8 Å². The van der Waals surface area contributed by atoms with E-state index < -0.39 is 0 Å². The van der Waals surface area contributed by atoms with Crippen LogP contribution in [0.5, 0.6) is 5.75 Å². The lowest BCUT2D eigenvalue weighted by Gasteiger charge is -2.12. The molecule has 0 aliphatic carbocycles. The smallest absolute Gasteiger partial charge is 0.148 e. The summed E-state index contributed by atoms with van der Waals surface area (Å²) in [6.45, 7) is 0. The number of anilines is 2. The number of rotatable bonds is 3. The first kappa shape index (κ1) is 13.8. The Morgan fingerprint density at radius 3 is 2.79 bits per heavy atom. The Balaban J connectivity index is 2.41. The van der Waals surface area contributed by atoms with Gasteiger partial charge in [-0.05, 0) is 50.1 Å². The number of nitriles is 1. The van der Waals surface area contributed by atoms with Gasteiger partial charge in [-0.1, -0.05) is 0 Å². The number of ether oxygens (including phenoxy) is 1. The van der Waals surface area contributed by atoms with Gasteiger partial charge in [0.1, 0.15) is 17.6 Å². The molecule has 0 bridgehead atoms. The lowest BCUT2D eigenvalue weighted by atomic mass is 10.2. The summed E-state index contributed by atoms with van der Waals surface area (Å²) in [7, 11) is 1.60. The van der Waals surface area contributed by atoms with Crippen molar-refractivity contribution in [1.29, 1.82) is 5.26 Å². The molecule has 0 saturated heterocycles. The minimum atomic E-state index is 0.483. The Labute approximate surface area is 127 Å². The molecule has 0 aliphatic rings. The number of hydrogen-bond donors (Lipinski definition) is 1. The van der Waals surface area contributed by atoms with E-state index in [9.17, 15) is 0 Å². The Bertz CT molecular complexity index is 653. The number of nitrogens with zero attached hydrogens (tertiary/aromatic N) is 2. The monoisotopic (exact) mass is 381 g/mol. The first-order chi connectivity index (χ1) is 9.15. The highest BCUT2D eigenvalue weighted by Crippen LogP contribution is 2.36. The number of pyridine rings is 1. The van der Waals surface area contributed by atoms with E-state index in [1.807, 2.05) is 12.1 Å². The number of nitrogens with one attached hydrogen (secondary N) is 1. The molecule has 0 unspecified atom stereocenters. The molecule has 1 aromatic carbocycles. The second-order valence-electron chi connectivity index (χ2n) is 3.60. The van der Waals surface area contributed by atoms with E-state index in [1.165, 1.54) is 0 Å². The summed E-state index contributed by atoms with van der Waals surface area (Å²) in [5.41, 5.74) is 1.26. The lowest BCUT2D eigenvalue weighted by Crippen LogP contribution is -1.98. The van der Waals surface area contributed by atoms with Crippen LogP contribution >= 0.6 is 31.9 Å². The number of benzene rings is 1. The number of hydrogen-bond acceptors (Lipinski definition) is 4. The maximum atomic E-state index is 9.04. The summed E-state index contributed by atoms with van der Waals surface area (Å²) in [5, 5.41) is 12.1. The SMILES string of the molecule is COc1cc(Nc2ncccc2C#N)c(Br)cc1Br. The van der Waals surface area contributed by atoms with Crippen molar-refractivity contribution in [2.45, 2.75) is 0 Å². The van der Waals surface area contributed by atoms with E-state index in [0.717, 1.165) is 14.6 Å². The first-order valence-corrected chi connectivity index (χ1v) is 6.89. The molecule has 0 amide bonds. The predicted molar refractivity (Wildman–Crippen MR) is 80.6 cm³/mol. The highest BCUT2D eigenvalue weighted by atomic mass is 79.9. The third-order valence-electron chi connectivity index (χ3n) is 2.42. The van der Waals surface area contributed by atoms with Crippen LogP contribution in [-0.2, 0) is 0 Å². The molecule has 0 fully saturated rings. The van der Waals surface area contributed by atoms with Crippen LogP contribution in [0.2, 0.25) is 0 Å². The Morgan fingerprint density at radius 1 is 1.32 bits per heavy atom. The average molecular weight is 383 g/mol. The van der Waals surface area contributed by atoms with Crippen LogP contribution in [0, 0.1) is 11.3 Å². The number of aromatic nitrogens is 1. The Hall–Kier alpha value is -1.58. The molecule has 1 N–H and O–H groups in total. The van der Waals surface area contributed by atoms with Crippen LogP contribution in [-0.4, -0.2) is 12.1 Å². The molecule has 2 aromatic rings. The van der Waals surface area contributed by atoms with Crippen molar-refractivity contribution in [3.05, 3.63) is 45.0 Å². The Kier molecular flexibility index (Phi) is 4.40. The van der Waals surface area contributed by atoms with Gasteiger partial charge in [-0.3, -0.25) is 0 Å². The van der Waals surface area contributed by atoms with Crippen molar-refractivity contribution in [2.24, 2.45) is 0 Å². The molecule has 1 heterocycles. The van der Waals surface area contributed by atoms with E-state index in [0.29, 0.717) is 17.1 Å². The van der Waals surface area contributed by atoms with Gasteiger partial charge in [0.05, 0.1) is 22.8 Å². The van der Waals surface area contributed by atoms with Crippen molar-refractivity contribution in [1.82, 2.24) is 4.98 Å². The van der Waals surface area contributed by atoms with Crippen LogP contribution in [0.15, 0.2) is 39.4 Å². The quantitative estimate of drug-likeness (QED) is 0.862. The van der Waals surface area contributed by atoms with Crippen LogP contribution in [0.1, 0.15) is 5.56 Å². The molecule has 0 radical (unpaired) electrons. The molecule has 0 aliphatic heterocycles. The van der Waals surface area contributed by atoms with E-state index >= 15 is 0 Å². The van der Waals surface area contributed by atoms with Crippen molar-refractivity contribution >= 4 is 43.4 Å². The fourth-order valence-corrected chi connectivity index (χ4v) is 2.76. The van der Waals surface area contributed by atoms with Gasteiger partial charge in [-0.15, -0.1) is 0 Å². The third kappa shape index (κ3) is 3.06. The molecular formula is C13H9Br2N3O. The van der Waals surface area contributed by atoms with Crippen LogP contribution in [0.4, 0.5) is 11.5 Å². The molecule has 96 valence electrons. The summed E-state index contributed by atoms with van der Waals surface area (Å²) in [4.78, 5) is 4.16. The standard InChI is InChI=1S/C13H9Br2N3O/c1-19-12-6-11(9(14)5-10(12)15)18-13-8(7-16)3-2-4-17-13/h2-6H,1H3,(H,17,18). The molecule has 0 spiro atoms. The van der Waals surface area contributed by atoms with E-state index in [4.69, 9.17) is 10.00 Å². The van der Waals surface area contributed by atoms with Gasteiger partial charge in [0.15, 0.2) is 0 Å². The highest BCUT2D eigenvalue weighted by molar-refractivity contribution is 9.11. The third-order valence-corrected chi connectivity index (χ3v) is 3.70.